The molecule has 0 radical (unpaired) electrons. The maximum atomic E-state index is 11.7. The molecule has 1 aliphatic carbocycles. The van der Waals surface area contributed by atoms with Gasteiger partial charge in [-0.05, 0) is 24.8 Å². The molecule has 0 spiro atoms. The Morgan fingerprint density at radius 1 is 1.43 bits per heavy atom. The van der Waals surface area contributed by atoms with Crippen molar-refractivity contribution >= 4 is 41.0 Å². The molecular weight excluding hydrogens is 318 g/mol. The van der Waals surface area contributed by atoms with E-state index in [0.29, 0.717) is 27.9 Å². The molecule has 0 aromatic carbocycles. The lowest BCUT2D eigenvalue weighted by molar-refractivity contribution is -0.124. The highest BCUT2D eigenvalue weighted by atomic mass is 35.5. The number of anilines is 1. The third kappa shape index (κ3) is 2.79. The van der Waals surface area contributed by atoms with E-state index >= 15 is 0 Å². The number of imide groups is 1. The first-order chi connectivity index (χ1) is 11.1. The minimum Gasteiger partial charge on any atom is -0.370 e. The summed E-state index contributed by atoms with van der Waals surface area (Å²) in [5.74, 6) is 0.810. The standard InChI is InChI=1S/C15H14ClN5O2/c16-11-5-12(17-6-8-1-2-8)21-14(19-11)10(7-18-21)3-9-4-13(22)20-15(9)23/h3,5,7-8,17H,1-2,4,6H2,(H,20,22,23)/b9-3+. The molecule has 1 saturated heterocycles. The van der Waals surface area contributed by atoms with Crippen LogP contribution in [0.4, 0.5) is 5.82 Å². The van der Waals surface area contributed by atoms with Gasteiger partial charge in [-0.2, -0.15) is 9.61 Å². The molecule has 2 aromatic rings. The van der Waals surface area contributed by atoms with Crippen molar-refractivity contribution in [1.29, 1.82) is 0 Å². The Balaban J connectivity index is 1.72. The number of carbonyl (C=O) groups excluding carboxylic acids is 2. The van der Waals surface area contributed by atoms with Crippen molar-refractivity contribution in [2.45, 2.75) is 19.3 Å². The third-order valence-electron chi connectivity index (χ3n) is 3.96. The van der Waals surface area contributed by atoms with Gasteiger partial charge in [0.25, 0.3) is 5.91 Å². The molecule has 2 amide bonds. The molecule has 2 N–H and O–H groups in total. The molecule has 2 aliphatic rings. The van der Waals surface area contributed by atoms with Crippen LogP contribution in [0.2, 0.25) is 5.15 Å². The van der Waals surface area contributed by atoms with E-state index in [2.05, 4.69) is 20.7 Å². The predicted octanol–water partition coefficient (Wildman–Crippen LogP) is 1.63. The van der Waals surface area contributed by atoms with Crippen molar-refractivity contribution in [3.8, 4) is 0 Å². The fourth-order valence-electron chi connectivity index (χ4n) is 2.56. The zero-order valence-corrected chi connectivity index (χ0v) is 12.9. The van der Waals surface area contributed by atoms with Crippen LogP contribution in [0.1, 0.15) is 24.8 Å². The molecule has 0 atom stereocenters. The summed E-state index contributed by atoms with van der Waals surface area (Å²) in [6.45, 7) is 0.878. The highest BCUT2D eigenvalue weighted by Crippen LogP contribution is 2.29. The van der Waals surface area contributed by atoms with Crippen molar-refractivity contribution in [3.05, 3.63) is 28.6 Å². The van der Waals surface area contributed by atoms with Gasteiger partial charge in [0.1, 0.15) is 11.0 Å². The summed E-state index contributed by atoms with van der Waals surface area (Å²) in [5, 5.41) is 10.3. The maximum absolute atomic E-state index is 11.7. The number of halogens is 1. The minimum absolute atomic E-state index is 0.0729. The molecule has 4 rings (SSSR count). The lowest BCUT2D eigenvalue weighted by Gasteiger charge is -2.08. The van der Waals surface area contributed by atoms with E-state index in [4.69, 9.17) is 11.6 Å². The third-order valence-corrected chi connectivity index (χ3v) is 4.16. The highest BCUT2D eigenvalue weighted by molar-refractivity contribution is 6.29. The summed E-state index contributed by atoms with van der Waals surface area (Å²) in [6, 6.07) is 1.73. The summed E-state index contributed by atoms with van der Waals surface area (Å²) in [5.41, 5.74) is 1.61. The van der Waals surface area contributed by atoms with E-state index in [0.717, 1.165) is 12.4 Å². The second-order valence-electron chi connectivity index (χ2n) is 5.85. The molecule has 23 heavy (non-hydrogen) atoms. The molecule has 0 unspecified atom stereocenters. The first-order valence-corrected chi connectivity index (χ1v) is 7.81. The molecule has 2 fully saturated rings. The van der Waals surface area contributed by atoms with Crippen LogP contribution in [0, 0.1) is 5.92 Å². The number of hydrogen-bond acceptors (Lipinski definition) is 5. The average molecular weight is 332 g/mol. The van der Waals surface area contributed by atoms with Gasteiger partial charge in [-0.15, -0.1) is 0 Å². The SMILES string of the molecule is O=C1C/C(=C\c2cnn3c(NCC4CC4)cc(Cl)nc23)C(=O)N1. The van der Waals surface area contributed by atoms with Crippen LogP contribution in [0.15, 0.2) is 17.8 Å². The summed E-state index contributed by atoms with van der Waals surface area (Å²) >= 11 is 6.11. The van der Waals surface area contributed by atoms with E-state index in [-0.39, 0.29) is 18.2 Å². The number of amides is 2. The van der Waals surface area contributed by atoms with Gasteiger partial charge < -0.3 is 5.32 Å². The predicted molar refractivity (Wildman–Crippen MR) is 85.0 cm³/mol. The molecular formula is C15H14ClN5O2. The van der Waals surface area contributed by atoms with E-state index in [1.807, 2.05) is 0 Å². The largest absolute Gasteiger partial charge is 0.370 e. The Morgan fingerprint density at radius 3 is 2.96 bits per heavy atom. The molecule has 2 aromatic heterocycles. The molecule has 118 valence electrons. The number of aromatic nitrogens is 3. The van der Waals surface area contributed by atoms with Gasteiger partial charge in [-0.25, -0.2) is 4.98 Å². The smallest absolute Gasteiger partial charge is 0.254 e. The molecule has 3 heterocycles. The average Bonchev–Trinajstić information content (AvgIpc) is 3.17. The Labute approximate surface area is 136 Å². The van der Waals surface area contributed by atoms with E-state index in [1.54, 1.807) is 22.9 Å². The molecule has 1 aliphatic heterocycles. The van der Waals surface area contributed by atoms with Gasteiger partial charge >= 0.3 is 0 Å². The first kappa shape index (κ1) is 14.2. The van der Waals surface area contributed by atoms with E-state index in [9.17, 15) is 9.59 Å². The van der Waals surface area contributed by atoms with Crippen LogP contribution in [0.3, 0.4) is 0 Å². The molecule has 1 saturated carbocycles. The fourth-order valence-corrected chi connectivity index (χ4v) is 2.74. The summed E-state index contributed by atoms with van der Waals surface area (Å²) in [4.78, 5) is 27.2. The Hall–Kier alpha value is -2.41. The number of fused-ring (bicyclic) bond motifs is 1. The summed E-state index contributed by atoms with van der Waals surface area (Å²) in [6.07, 6.45) is 5.81. The number of rotatable bonds is 4. The zero-order chi connectivity index (χ0) is 16.0. The van der Waals surface area contributed by atoms with Crippen molar-refractivity contribution in [3.63, 3.8) is 0 Å². The van der Waals surface area contributed by atoms with Crippen molar-refractivity contribution in [2.75, 3.05) is 11.9 Å². The van der Waals surface area contributed by atoms with Crippen LogP contribution >= 0.6 is 11.6 Å². The van der Waals surface area contributed by atoms with Crippen molar-refractivity contribution in [2.24, 2.45) is 5.92 Å². The Morgan fingerprint density at radius 2 is 2.26 bits per heavy atom. The van der Waals surface area contributed by atoms with Crippen LogP contribution in [-0.2, 0) is 9.59 Å². The second kappa shape index (κ2) is 5.34. The van der Waals surface area contributed by atoms with Gasteiger partial charge in [0.05, 0.1) is 12.6 Å². The van der Waals surface area contributed by atoms with Crippen molar-refractivity contribution in [1.82, 2.24) is 19.9 Å². The lowest BCUT2D eigenvalue weighted by Crippen LogP contribution is -2.19. The first-order valence-electron chi connectivity index (χ1n) is 7.43. The van der Waals surface area contributed by atoms with Crippen LogP contribution in [0.25, 0.3) is 11.7 Å². The van der Waals surface area contributed by atoms with Crippen LogP contribution in [0.5, 0.6) is 0 Å². The molecule has 8 heteroatoms. The van der Waals surface area contributed by atoms with Gasteiger partial charge in [0.15, 0.2) is 5.65 Å². The van der Waals surface area contributed by atoms with Crippen LogP contribution < -0.4 is 10.6 Å². The van der Waals surface area contributed by atoms with E-state index < -0.39 is 0 Å². The quantitative estimate of drug-likeness (QED) is 0.505. The van der Waals surface area contributed by atoms with Crippen LogP contribution in [-0.4, -0.2) is 33.0 Å². The fraction of sp³-hybridized carbons (Fsp3) is 0.333. The zero-order valence-electron chi connectivity index (χ0n) is 12.2. The number of nitrogens with one attached hydrogen (secondary N) is 2. The minimum atomic E-state index is -0.372. The Kier molecular flexibility index (Phi) is 3.30. The van der Waals surface area contributed by atoms with Crippen molar-refractivity contribution < 1.29 is 9.59 Å². The second-order valence-corrected chi connectivity index (χ2v) is 6.23. The summed E-state index contributed by atoms with van der Waals surface area (Å²) in [7, 11) is 0. The normalized spacial score (nSPS) is 19.6. The van der Waals surface area contributed by atoms with Gasteiger partial charge in [0, 0.05) is 23.7 Å². The maximum Gasteiger partial charge on any atom is 0.254 e. The van der Waals surface area contributed by atoms with Gasteiger partial charge in [-0.1, -0.05) is 11.6 Å². The van der Waals surface area contributed by atoms with E-state index in [1.165, 1.54) is 12.8 Å². The topological polar surface area (TPSA) is 88.4 Å². The number of hydrogen-bond donors (Lipinski definition) is 2. The monoisotopic (exact) mass is 331 g/mol. The molecule has 7 nitrogen and oxygen atoms in total. The van der Waals surface area contributed by atoms with Gasteiger partial charge in [0.2, 0.25) is 5.91 Å². The van der Waals surface area contributed by atoms with Gasteiger partial charge in [-0.3, -0.25) is 14.9 Å². The number of nitrogens with zero attached hydrogens (tertiary/aromatic N) is 3. The summed E-state index contributed by atoms with van der Waals surface area (Å²) < 4.78 is 1.66. The number of carbonyl (C=O) groups is 2. The molecule has 0 bridgehead atoms. The highest BCUT2D eigenvalue weighted by Gasteiger charge is 2.25. The lowest BCUT2D eigenvalue weighted by atomic mass is 10.1. The Bertz CT molecular complexity index is 853.